The summed E-state index contributed by atoms with van der Waals surface area (Å²) in [5, 5.41) is 4.07. The van der Waals surface area contributed by atoms with Crippen LogP contribution in [0.2, 0.25) is 0 Å². The van der Waals surface area contributed by atoms with Gasteiger partial charge in [-0.05, 0) is 31.0 Å². The molecule has 2 N–H and O–H groups in total. The van der Waals surface area contributed by atoms with Gasteiger partial charge in [-0.15, -0.1) is 0 Å². The van der Waals surface area contributed by atoms with Gasteiger partial charge in [0.2, 0.25) is 5.95 Å². The molecule has 0 aliphatic rings. The second-order valence-electron chi connectivity index (χ2n) is 4.31. The number of hydrogen-bond acceptors (Lipinski definition) is 5. The first-order chi connectivity index (χ1) is 10.2. The number of aromatic amines is 1. The van der Waals surface area contributed by atoms with Crippen LogP contribution in [0.5, 0.6) is 5.75 Å². The fourth-order valence-corrected chi connectivity index (χ4v) is 1.76. The van der Waals surface area contributed by atoms with Gasteiger partial charge in [-0.2, -0.15) is 5.10 Å². The Morgan fingerprint density at radius 2 is 2.24 bits per heavy atom. The van der Waals surface area contributed by atoms with E-state index in [2.05, 4.69) is 20.5 Å². The highest BCUT2D eigenvalue weighted by Gasteiger charge is 1.98. The molecule has 0 radical (unpaired) electrons. The minimum absolute atomic E-state index is 0.196. The summed E-state index contributed by atoms with van der Waals surface area (Å²) in [6.07, 6.45) is 2.33. The minimum Gasteiger partial charge on any atom is -0.494 e. The molecule has 0 atom stereocenters. The molecule has 0 amide bonds. The topological polar surface area (TPSA) is 79.4 Å². The van der Waals surface area contributed by atoms with E-state index in [-0.39, 0.29) is 5.56 Å². The largest absolute Gasteiger partial charge is 0.494 e. The molecular weight excluding hydrogens is 268 g/mol. The fourth-order valence-electron chi connectivity index (χ4n) is 1.76. The third kappa shape index (κ3) is 4.45. The van der Waals surface area contributed by atoms with Crippen molar-refractivity contribution < 1.29 is 4.74 Å². The van der Waals surface area contributed by atoms with Crippen molar-refractivity contribution in [2.45, 2.75) is 20.3 Å². The lowest BCUT2D eigenvalue weighted by Crippen LogP contribution is -2.11. The molecule has 0 saturated heterocycles. The molecule has 0 aliphatic heterocycles. The maximum Gasteiger partial charge on any atom is 0.252 e. The summed E-state index contributed by atoms with van der Waals surface area (Å²) in [4.78, 5) is 18.2. The highest BCUT2D eigenvalue weighted by molar-refractivity contribution is 5.80. The average molecular weight is 286 g/mol. The van der Waals surface area contributed by atoms with Gasteiger partial charge in [-0.25, -0.2) is 10.4 Å². The second-order valence-corrected chi connectivity index (χ2v) is 4.31. The van der Waals surface area contributed by atoms with Crippen molar-refractivity contribution in [1.29, 1.82) is 0 Å². The summed E-state index contributed by atoms with van der Waals surface area (Å²) >= 11 is 0. The number of nitrogens with zero attached hydrogens (tertiary/aromatic N) is 2. The molecule has 1 heterocycles. The molecule has 1 aromatic carbocycles. The third-order valence-electron chi connectivity index (χ3n) is 2.71. The zero-order valence-electron chi connectivity index (χ0n) is 12.1. The highest BCUT2D eigenvalue weighted by Crippen LogP contribution is 2.11. The molecule has 0 aliphatic carbocycles. The van der Waals surface area contributed by atoms with Gasteiger partial charge in [0, 0.05) is 11.8 Å². The van der Waals surface area contributed by atoms with Gasteiger partial charge in [0.1, 0.15) is 5.75 Å². The van der Waals surface area contributed by atoms with Crippen molar-refractivity contribution in [3.8, 4) is 5.75 Å². The Kier molecular flexibility index (Phi) is 5.09. The molecule has 0 unspecified atom stereocenters. The van der Waals surface area contributed by atoms with Crippen LogP contribution >= 0.6 is 0 Å². The van der Waals surface area contributed by atoms with Crippen LogP contribution in [-0.2, 0) is 6.42 Å². The summed E-state index contributed by atoms with van der Waals surface area (Å²) in [7, 11) is 0. The molecule has 21 heavy (non-hydrogen) atoms. The third-order valence-corrected chi connectivity index (χ3v) is 2.71. The normalized spacial score (nSPS) is 10.8. The summed E-state index contributed by atoms with van der Waals surface area (Å²) in [6.45, 7) is 4.49. The molecule has 0 fully saturated rings. The molecule has 2 rings (SSSR count). The van der Waals surface area contributed by atoms with Crippen LogP contribution in [0.25, 0.3) is 0 Å². The van der Waals surface area contributed by atoms with Crippen LogP contribution in [0.15, 0.2) is 40.2 Å². The second kappa shape index (κ2) is 7.23. The number of ether oxygens (including phenoxy) is 1. The van der Waals surface area contributed by atoms with E-state index in [1.54, 1.807) is 6.21 Å². The van der Waals surface area contributed by atoms with E-state index >= 15 is 0 Å². The van der Waals surface area contributed by atoms with Crippen LogP contribution in [0.3, 0.4) is 0 Å². The Balaban J connectivity index is 2.07. The van der Waals surface area contributed by atoms with Crippen molar-refractivity contribution in [2.75, 3.05) is 12.0 Å². The van der Waals surface area contributed by atoms with E-state index in [1.165, 1.54) is 6.07 Å². The Morgan fingerprint density at radius 1 is 1.38 bits per heavy atom. The SMILES string of the molecule is CCOc1cccc(/C=N\Nc2nc(CC)cc(=O)[nH]2)c1. The van der Waals surface area contributed by atoms with Crippen molar-refractivity contribution in [3.63, 3.8) is 0 Å². The number of nitrogens with one attached hydrogen (secondary N) is 2. The highest BCUT2D eigenvalue weighted by atomic mass is 16.5. The molecule has 0 bridgehead atoms. The molecule has 2 aromatic rings. The van der Waals surface area contributed by atoms with Crippen molar-refractivity contribution >= 4 is 12.2 Å². The van der Waals surface area contributed by atoms with Crippen LogP contribution in [-0.4, -0.2) is 22.8 Å². The number of rotatable bonds is 6. The first kappa shape index (κ1) is 14.8. The van der Waals surface area contributed by atoms with Gasteiger partial charge in [0.05, 0.1) is 12.8 Å². The lowest BCUT2D eigenvalue weighted by atomic mass is 10.2. The predicted octanol–water partition coefficient (Wildman–Crippen LogP) is 2.18. The van der Waals surface area contributed by atoms with Crippen molar-refractivity contribution in [2.24, 2.45) is 5.10 Å². The predicted molar refractivity (Wildman–Crippen MR) is 83.1 cm³/mol. The number of anilines is 1. The molecule has 6 heteroatoms. The number of aryl methyl sites for hydroxylation is 1. The lowest BCUT2D eigenvalue weighted by molar-refractivity contribution is 0.340. The van der Waals surface area contributed by atoms with Crippen LogP contribution in [0.1, 0.15) is 25.1 Å². The van der Waals surface area contributed by atoms with E-state index in [4.69, 9.17) is 4.74 Å². The quantitative estimate of drug-likeness (QED) is 0.630. The maximum atomic E-state index is 11.4. The van der Waals surface area contributed by atoms with E-state index in [0.717, 1.165) is 17.0 Å². The van der Waals surface area contributed by atoms with Crippen LogP contribution < -0.4 is 15.7 Å². The first-order valence-corrected chi connectivity index (χ1v) is 6.83. The van der Waals surface area contributed by atoms with E-state index in [1.807, 2.05) is 38.1 Å². The number of benzene rings is 1. The maximum absolute atomic E-state index is 11.4. The number of H-pyrrole nitrogens is 1. The number of hydrazone groups is 1. The fraction of sp³-hybridized carbons (Fsp3) is 0.267. The standard InChI is InChI=1S/C15H18N4O2/c1-3-12-9-14(20)18-15(17-12)19-16-10-11-6-5-7-13(8-11)21-4-2/h5-10H,3-4H2,1-2H3,(H2,17,18,19,20)/b16-10-. The van der Waals surface area contributed by atoms with E-state index < -0.39 is 0 Å². The van der Waals surface area contributed by atoms with Crippen LogP contribution in [0, 0.1) is 0 Å². The van der Waals surface area contributed by atoms with Gasteiger partial charge in [0.25, 0.3) is 5.56 Å². The van der Waals surface area contributed by atoms with Crippen molar-refractivity contribution in [3.05, 3.63) is 51.9 Å². The summed E-state index contributed by atoms with van der Waals surface area (Å²) in [5.41, 5.74) is 4.13. The zero-order chi connectivity index (χ0) is 15.1. The Labute approximate surface area is 122 Å². The Bertz CT molecular complexity index is 679. The molecule has 1 aromatic heterocycles. The summed E-state index contributed by atoms with van der Waals surface area (Å²) < 4.78 is 5.42. The molecule has 0 saturated carbocycles. The smallest absolute Gasteiger partial charge is 0.252 e. The Morgan fingerprint density at radius 3 is 3.00 bits per heavy atom. The lowest BCUT2D eigenvalue weighted by Gasteiger charge is -2.03. The molecule has 0 spiro atoms. The van der Waals surface area contributed by atoms with Crippen LogP contribution in [0.4, 0.5) is 5.95 Å². The van der Waals surface area contributed by atoms with Gasteiger partial charge >= 0.3 is 0 Å². The number of hydrogen-bond donors (Lipinski definition) is 2. The van der Waals surface area contributed by atoms with Gasteiger partial charge < -0.3 is 4.74 Å². The van der Waals surface area contributed by atoms with E-state index in [9.17, 15) is 4.79 Å². The van der Waals surface area contributed by atoms with Gasteiger partial charge in [-0.1, -0.05) is 19.1 Å². The van der Waals surface area contributed by atoms with Gasteiger partial charge in [-0.3, -0.25) is 9.78 Å². The van der Waals surface area contributed by atoms with Gasteiger partial charge in [0.15, 0.2) is 0 Å². The monoisotopic (exact) mass is 286 g/mol. The van der Waals surface area contributed by atoms with Crippen molar-refractivity contribution in [1.82, 2.24) is 9.97 Å². The number of aromatic nitrogens is 2. The summed E-state index contributed by atoms with van der Waals surface area (Å²) in [6, 6.07) is 9.04. The molecule has 110 valence electrons. The average Bonchev–Trinajstić information content (AvgIpc) is 2.47. The summed E-state index contributed by atoms with van der Waals surface area (Å²) in [5.74, 6) is 1.12. The van der Waals surface area contributed by atoms with E-state index in [0.29, 0.717) is 19.0 Å². The molecular formula is C15H18N4O2. The minimum atomic E-state index is -0.196. The zero-order valence-corrected chi connectivity index (χ0v) is 12.1. The first-order valence-electron chi connectivity index (χ1n) is 6.83. The Hall–Kier alpha value is -2.63. The molecule has 6 nitrogen and oxygen atoms in total.